The molecule has 2 N–H and O–H groups in total. The number of hydrogen-bond acceptors (Lipinski definition) is 3. The zero-order valence-corrected chi connectivity index (χ0v) is 20.2. The summed E-state index contributed by atoms with van der Waals surface area (Å²) in [7, 11) is 0. The molecule has 2 heterocycles. The second-order valence-electron chi connectivity index (χ2n) is 8.06. The highest BCUT2D eigenvalue weighted by Gasteiger charge is 2.16. The van der Waals surface area contributed by atoms with Crippen molar-refractivity contribution in [3.05, 3.63) is 107 Å². The molecule has 2 aromatic heterocycles. The number of thioether (sulfide) groups is 1. The van der Waals surface area contributed by atoms with E-state index >= 15 is 0 Å². The quantitative estimate of drug-likeness (QED) is 0.253. The number of fused-ring (bicyclic) bond motifs is 1. The fourth-order valence-electron chi connectivity index (χ4n) is 3.92. The van der Waals surface area contributed by atoms with Gasteiger partial charge in [0.2, 0.25) is 5.91 Å². The van der Waals surface area contributed by atoms with Crippen LogP contribution in [0.2, 0.25) is 5.02 Å². The van der Waals surface area contributed by atoms with Gasteiger partial charge in [-0.3, -0.25) is 9.36 Å². The van der Waals surface area contributed by atoms with E-state index in [2.05, 4.69) is 75.4 Å². The Morgan fingerprint density at radius 2 is 1.82 bits per heavy atom. The molecule has 3 aromatic carbocycles. The Morgan fingerprint density at radius 3 is 2.65 bits per heavy atom. The highest BCUT2D eigenvalue weighted by molar-refractivity contribution is 7.99. The van der Waals surface area contributed by atoms with Gasteiger partial charge in [0.15, 0.2) is 5.16 Å². The maximum Gasteiger partial charge on any atom is 0.234 e. The number of anilines is 1. The van der Waals surface area contributed by atoms with Gasteiger partial charge in [0, 0.05) is 34.9 Å². The number of H-pyrrole nitrogens is 1. The number of carbonyl (C=O) groups excluding carboxylic acids is 1. The average molecular weight is 487 g/mol. The van der Waals surface area contributed by atoms with E-state index < -0.39 is 0 Å². The van der Waals surface area contributed by atoms with Crippen LogP contribution in [0, 0.1) is 6.92 Å². The van der Waals surface area contributed by atoms with Crippen LogP contribution in [0.15, 0.2) is 90.3 Å². The molecule has 0 spiro atoms. The predicted molar refractivity (Wildman–Crippen MR) is 140 cm³/mol. The number of benzene rings is 3. The Bertz CT molecular complexity index is 1460. The van der Waals surface area contributed by atoms with Gasteiger partial charge in [-0.05, 0) is 42.8 Å². The number of aromatic amines is 1. The number of aromatic nitrogens is 3. The first-order valence-electron chi connectivity index (χ1n) is 10.9. The van der Waals surface area contributed by atoms with Gasteiger partial charge in [0.25, 0.3) is 0 Å². The summed E-state index contributed by atoms with van der Waals surface area (Å²) in [5, 5.41) is 5.37. The fourth-order valence-corrected chi connectivity index (χ4v) is 4.91. The summed E-state index contributed by atoms with van der Waals surface area (Å²) >= 11 is 7.58. The van der Waals surface area contributed by atoms with Gasteiger partial charge in [-0.1, -0.05) is 71.4 Å². The van der Waals surface area contributed by atoms with Crippen molar-refractivity contribution in [2.75, 3.05) is 11.1 Å². The van der Waals surface area contributed by atoms with Crippen LogP contribution in [0.1, 0.15) is 16.8 Å². The Kier molecular flexibility index (Phi) is 6.43. The molecule has 0 aliphatic rings. The van der Waals surface area contributed by atoms with Crippen LogP contribution in [-0.4, -0.2) is 26.2 Å². The largest absolute Gasteiger partial charge is 0.361 e. The molecule has 7 heteroatoms. The zero-order chi connectivity index (χ0) is 23.5. The van der Waals surface area contributed by atoms with Crippen LogP contribution in [0.4, 0.5) is 5.69 Å². The third kappa shape index (κ3) is 4.74. The maximum absolute atomic E-state index is 12.6. The first-order chi connectivity index (χ1) is 16.6. The molecule has 0 fully saturated rings. The Morgan fingerprint density at radius 1 is 1.06 bits per heavy atom. The van der Waals surface area contributed by atoms with Crippen LogP contribution < -0.4 is 5.32 Å². The number of hydrogen-bond donors (Lipinski definition) is 2. The van der Waals surface area contributed by atoms with E-state index in [0.29, 0.717) is 10.7 Å². The van der Waals surface area contributed by atoms with E-state index in [1.807, 2.05) is 24.4 Å². The van der Waals surface area contributed by atoms with Gasteiger partial charge in [-0.2, -0.15) is 0 Å². The lowest BCUT2D eigenvalue weighted by Gasteiger charge is -2.13. The average Bonchev–Trinajstić information content (AvgIpc) is 3.44. The molecule has 5 rings (SSSR count). The van der Waals surface area contributed by atoms with Gasteiger partial charge >= 0.3 is 0 Å². The molecule has 5 nitrogen and oxygen atoms in total. The van der Waals surface area contributed by atoms with Crippen LogP contribution in [0.25, 0.3) is 16.6 Å². The number of amides is 1. The van der Waals surface area contributed by atoms with E-state index in [4.69, 9.17) is 11.6 Å². The van der Waals surface area contributed by atoms with Gasteiger partial charge in [0.05, 0.1) is 22.7 Å². The summed E-state index contributed by atoms with van der Waals surface area (Å²) in [5.41, 5.74) is 6.20. The molecule has 0 atom stereocenters. The number of carbonyl (C=O) groups is 1. The van der Waals surface area contributed by atoms with Gasteiger partial charge in [-0.25, -0.2) is 4.98 Å². The second kappa shape index (κ2) is 9.79. The standard InChI is InChI=1S/C27H23ClN4OS/c1-18-10-12-20(13-11-18)32-21(14-19-15-29-24-8-4-2-6-22(19)24)16-30-27(32)34-17-26(33)31-25-9-5-3-7-23(25)28/h2-13,15-16,29H,14,17H2,1H3,(H,31,33). The summed E-state index contributed by atoms with van der Waals surface area (Å²) in [4.78, 5) is 20.6. The lowest BCUT2D eigenvalue weighted by atomic mass is 10.1. The van der Waals surface area contributed by atoms with E-state index in [0.717, 1.165) is 28.5 Å². The summed E-state index contributed by atoms with van der Waals surface area (Å²) < 4.78 is 2.13. The minimum Gasteiger partial charge on any atom is -0.361 e. The third-order valence-corrected chi connectivity index (χ3v) is 6.90. The minimum atomic E-state index is -0.130. The van der Waals surface area contributed by atoms with Crippen LogP contribution in [-0.2, 0) is 11.2 Å². The van der Waals surface area contributed by atoms with Gasteiger partial charge < -0.3 is 10.3 Å². The van der Waals surface area contributed by atoms with Gasteiger partial charge in [0.1, 0.15) is 0 Å². The first-order valence-corrected chi connectivity index (χ1v) is 12.3. The molecular weight excluding hydrogens is 464 g/mol. The molecule has 170 valence electrons. The smallest absolute Gasteiger partial charge is 0.234 e. The molecule has 0 unspecified atom stereocenters. The van der Waals surface area contributed by atoms with Gasteiger partial charge in [-0.15, -0.1) is 0 Å². The summed E-state index contributed by atoms with van der Waals surface area (Å²) in [5.74, 6) is 0.0930. The maximum atomic E-state index is 12.6. The minimum absolute atomic E-state index is 0.130. The molecule has 0 bridgehead atoms. The Labute approximate surface area is 207 Å². The van der Waals surface area contributed by atoms with Crippen molar-refractivity contribution in [2.24, 2.45) is 0 Å². The third-order valence-electron chi connectivity index (χ3n) is 5.62. The summed E-state index contributed by atoms with van der Waals surface area (Å²) in [6, 6.07) is 23.9. The first kappa shape index (κ1) is 22.3. The van der Waals surface area contributed by atoms with Crippen molar-refractivity contribution in [3.8, 4) is 5.69 Å². The second-order valence-corrected chi connectivity index (χ2v) is 9.41. The van der Waals surface area contributed by atoms with E-state index in [1.165, 1.54) is 28.3 Å². The molecule has 0 radical (unpaired) electrons. The lowest BCUT2D eigenvalue weighted by molar-refractivity contribution is -0.113. The number of halogens is 1. The van der Waals surface area contributed by atoms with Crippen LogP contribution >= 0.6 is 23.4 Å². The number of aryl methyl sites for hydroxylation is 1. The van der Waals surface area contributed by atoms with Crippen molar-refractivity contribution >= 4 is 45.9 Å². The summed E-state index contributed by atoms with van der Waals surface area (Å²) in [6.45, 7) is 2.07. The summed E-state index contributed by atoms with van der Waals surface area (Å²) in [6.07, 6.45) is 4.67. The normalized spacial score (nSPS) is 11.1. The number of rotatable bonds is 7. The predicted octanol–water partition coefficient (Wildman–Crippen LogP) is 6.64. The number of nitrogens with one attached hydrogen (secondary N) is 2. The zero-order valence-electron chi connectivity index (χ0n) is 18.6. The highest BCUT2D eigenvalue weighted by atomic mass is 35.5. The van der Waals surface area contributed by atoms with Crippen molar-refractivity contribution in [1.82, 2.24) is 14.5 Å². The fraction of sp³-hybridized carbons (Fsp3) is 0.111. The van der Waals surface area contributed by atoms with Crippen LogP contribution in [0.5, 0.6) is 0 Å². The molecular formula is C27H23ClN4OS. The van der Waals surface area contributed by atoms with Crippen molar-refractivity contribution in [1.29, 1.82) is 0 Å². The van der Waals surface area contributed by atoms with Crippen molar-refractivity contribution in [2.45, 2.75) is 18.5 Å². The molecule has 1 amide bonds. The number of imidazole rings is 1. The number of nitrogens with zero attached hydrogens (tertiary/aromatic N) is 2. The SMILES string of the molecule is Cc1ccc(-n2c(Cc3c[nH]c4ccccc34)cnc2SCC(=O)Nc2ccccc2Cl)cc1. The van der Waals surface area contributed by atoms with Crippen molar-refractivity contribution in [3.63, 3.8) is 0 Å². The lowest BCUT2D eigenvalue weighted by Crippen LogP contribution is -2.15. The molecule has 0 saturated heterocycles. The number of para-hydroxylation sites is 2. The topological polar surface area (TPSA) is 62.7 Å². The molecule has 0 aliphatic heterocycles. The molecule has 5 aromatic rings. The molecule has 34 heavy (non-hydrogen) atoms. The molecule has 0 saturated carbocycles. The van der Waals surface area contributed by atoms with E-state index in [1.54, 1.807) is 12.1 Å². The molecule has 0 aliphatic carbocycles. The van der Waals surface area contributed by atoms with E-state index in [9.17, 15) is 4.79 Å². The van der Waals surface area contributed by atoms with E-state index in [-0.39, 0.29) is 11.7 Å². The monoisotopic (exact) mass is 486 g/mol. The van der Waals surface area contributed by atoms with Crippen molar-refractivity contribution < 1.29 is 4.79 Å². The highest BCUT2D eigenvalue weighted by Crippen LogP contribution is 2.28. The Hall–Kier alpha value is -3.48. The van der Waals surface area contributed by atoms with Crippen LogP contribution in [0.3, 0.4) is 0 Å². The Balaban J connectivity index is 1.42.